The Hall–Kier alpha value is -1.15. The van der Waals surface area contributed by atoms with E-state index in [-0.39, 0.29) is 11.2 Å². The minimum atomic E-state index is -0.334. The van der Waals surface area contributed by atoms with Gasteiger partial charge in [0.1, 0.15) is 0 Å². The van der Waals surface area contributed by atoms with Crippen molar-refractivity contribution < 1.29 is 4.79 Å². The molecule has 0 heterocycles. The fourth-order valence-electron chi connectivity index (χ4n) is 3.49. The molecule has 0 bridgehead atoms. The molecule has 0 unspecified atom stereocenters. The molecule has 1 aromatic carbocycles. The molecule has 2 nitrogen and oxygen atoms in total. The highest BCUT2D eigenvalue weighted by molar-refractivity contribution is 6.00. The van der Waals surface area contributed by atoms with E-state index in [1.165, 1.54) is 25.7 Å². The van der Waals surface area contributed by atoms with Crippen molar-refractivity contribution >= 4 is 5.78 Å². The maximum absolute atomic E-state index is 12.7. The molecule has 21 heavy (non-hydrogen) atoms. The number of benzene rings is 1. The highest BCUT2D eigenvalue weighted by atomic mass is 16.1. The average molecular weight is 287 g/mol. The SMILES string of the molecule is CC1CCC(N(C)CC(C)(C)C(=O)c2ccccc2)CC1. The molecular formula is C19H29NO. The first kappa shape index (κ1) is 16.2. The van der Waals surface area contributed by atoms with Gasteiger partial charge in [0.05, 0.1) is 0 Å². The third-order valence-corrected chi connectivity index (χ3v) is 4.90. The van der Waals surface area contributed by atoms with E-state index >= 15 is 0 Å². The number of carbonyl (C=O) groups excluding carboxylic acids is 1. The van der Waals surface area contributed by atoms with Crippen molar-refractivity contribution in [3.8, 4) is 0 Å². The van der Waals surface area contributed by atoms with Crippen LogP contribution in [0.1, 0.15) is 56.8 Å². The fourth-order valence-corrected chi connectivity index (χ4v) is 3.49. The smallest absolute Gasteiger partial charge is 0.169 e. The Kier molecular flexibility index (Phi) is 5.21. The number of rotatable bonds is 5. The predicted octanol–water partition coefficient (Wildman–Crippen LogP) is 4.41. The van der Waals surface area contributed by atoms with Gasteiger partial charge < -0.3 is 4.90 Å². The first-order valence-electron chi connectivity index (χ1n) is 8.20. The van der Waals surface area contributed by atoms with E-state index in [0.717, 1.165) is 18.0 Å². The van der Waals surface area contributed by atoms with Gasteiger partial charge in [-0.1, -0.05) is 51.1 Å². The Bertz CT molecular complexity index is 458. The Labute approximate surface area is 129 Å². The Balaban J connectivity index is 1.98. The molecule has 2 rings (SSSR count). The molecule has 0 spiro atoms. The van der Waals surface area contributed by atoms with Crippen LogP contribution in [0.5, 0.6) is 0 Å². The van der Waals surface area contributed by atoms with Gasteiger partial charge >= 0.3 is 0 Å². The summed E-state index contributed by atoms with van der Waals surface area (Å²) in [7, 11) is 2.18. The van der Waals surface area contributed by atoms with Crippen LogP contribution < -0.4 is 0 Å². The molecule has 1 aliphatic rings. The first-order valence-corrected chi connectivity index (χ1v) is 8.20. The Morgan fingerprint density at radius 1 is 1.14 bits per heavy atom. The highest BCUT2D eigenvalue weighted by Gasteiger charge is 2.32. The number of hydrogen-bond donors (Lipinski definition) is 0. The van der Waals surface area contributed by atoms with Gasteiger partial charge in [-0.2, -0.15) is 0 Å². The maximum Gasteiger partial charge on any atom is 0.169 e. The second kappa shape index (κ2) is 6.74. The topological polar surface area (TPSA) is 20.3 Å². The molecule has 1 aromatic rings. The second-order valence-electron chi connectivity index (χ2n) is 7.41. The van der Waals surface area contributed by atoms with Gasteiger partial charge in [0.25, 0.3) is 0 Å². The average Bonchev–Trinajstić information content (AvgIpc) is 2.47. The molecular weight excluding hydrogens is 258 g/mol. The van der Waals surface area contributed by atoms with Crippen molar-refractivity contribution in [1.29, 1.82) is 0 Å². The van der Waals surface area contributed by atoms with Crippen molar-refractivity contribution in [2.24, 2.45) is 11.3 Å². The number of ketones is 1. The van der Waals surface area contributed by atoms with Gasteiger partial charge in [-0.05, 0) is 38.6 Å². The number of Topliss-reactive ketones (excluding diaryl/α,β-unsaturated/α-hetero) is 1. The van der Waals surface area contributed by atoms with Crippen molar-refractivity contribution in [3.63, 3.8) is 0 Å². The molecule has 0 aromatic heterocycles. The van der Waals surface area contributed by atoms with Gasteiger partial charge in [0, 0.05) is 23.6 Å². The summed E-state index contributed by atoms with van der Waals surface area (Å²) in [6, 6.07) is 10.3. The molecule has 0 atom stereocenters. The molecule has 1 fully saturated rings. The summed E-state index contributed by atoms with van der Waals surface area (Å²) in [6.45, 7) is 7.33. The van der Waals surface area contributed by atoms with E-state index in [4.69, 9.17) is 0 Å². The predicted molar refractivity (Wildman–Crippen MR) is 88.6 cm³/mol. The molecule has 116 valence electrons. The van der Waals surface area contributed by atoms with Crippen LogP contribution in [0.2, 0.25) is 0 Å². The minimum absolute atomic E-state index is 0.249. The van der Waals surface area contributed by atoms with Crippen LogP contribution in [0.15, 0.2) is 30.3 Å². The summed E-state index contributed by atoms with van der Waals surface area (Å²) < 4.78 is 0. The van der Waals surface area contributed by atoms with Gasteiger partial charge in [0.2, 0.25) is 0 Å². The van der Waals surface area contributed by atoms with Crippen LogP contribution in [-0.2, 0) is 0 Å². The standard InChI is InChI=1S/C19H29NO/c1-15-10-12-17(13-11-15)20(4)14-19(2,3)18(21)16-8-6-5-7-9-16/h5-9,15,17H,10-14H2,1-4H3. The van der Waals surface area contributed by atoms with Crippen LogP contribution in [0.4, 0.5) is 0 Å². The first-order chi connectivity index (χ1) is 9.90. The quantitative estimate of drug-likeness (QED) is 0.748. The highest BCUT2D eigenvalue weighted by Crippen LogP contribution is 2.29. The van der Waals surface area contributed by atoms with Crippen LogP contribution in [-0.4, -0.2) is 30.3 Å². The van der Waals surface area contributed by atoms with Crippen LogP contribution >= 0.6 is 0 Å². The Morgan fingerprint density at radius 3 is 2.29 bits per heavy atom. The number of nitrogens with zero attached hydrogens (tertiary/aromatic N) is 1. The third-order valence-electron chi connectivity index (χ3n) is 4.90. The summed E-state index contributed by atoms with van der Waals surface area (Å²) in [5.41, 5.74) is 0.493. The zero-order valence-electron chi connectivity index (χ0n) is 13.9. The molecule has 1 saturated carbocycles. The lowest BCUT2D eigenvalue weighted by molar-refractivity contribution is 0.0710. The van der Waals surface area contributed by atoms with Crippen LogP contribution in [0.3, 0.4) is 0 Å². The fraction of sp³-hybridized carbons (Fsp3) is 0.632. The van der Waals surface area contributed by atoms with Gasteiger partial charge in [-0.25, -0.2) is 0 Å². The third kappa shape index (κ3) is 4.16. The molecule has 0 radical (unpaired) electrons. The normalized spacial score (nSPS) is 23.3. The summed E-state index contributed by atoms with van der Waals surface area (Å²) in [6.07, 6.45) is 5.19. The monoisotopic (exact) mass is 287 g/mol. The van der Waals surface area contributed by atoms with E-state index < -0.39 is 0 Å². The van der Waals surface area contributed by atoms with Gasteiger partial charge in [-0.3, -0.25) is 4.79 Å². The summed E-state index contributed by atoms with van der Waals surface area (Å²) in [4.78, 5) is 15.1. The molecule has 1 aliphatic carbocycles. The lowest BCUT2D eigenvalue weighted by atomic mass is 9.82. The lowest BCUT2D eigenvalue weighted by Gasteiger charge is -2.37. The zero-order valence-corrected chi connectivity index (χ0v) is 13.9. The van der Waals surface area contributed by atoms with Gasteiger partial charge in [-0.15, -0.1) is 0 Å². The minimum Gasteiger partial charge on any atom is -0.302 e. The lowest BCUT2D eigenvalue weighted by Crippen LogP contribution is -2.43. The van der Waals surface area contributed by atoms with E-state index in [1.54, 1.807) is 0 Å². The van der Waals surface area contributed by atoms with Crippen molar-refractivity contribution in [1.82, 2.24) is 4.90 Å². The van der Waals surface area contributed by atoms with Crippen LogP contribution in [0, 0.1) is 11.3 Å². The molecule has 0 aliphatic heterocycles. The largest absolute Gasteiger partial charge is 0.302 e. The molecule has 0 saturated heterocycles. The van der Waals surface area contributed by atoms with Crippen molar-refractivity contribution in [3.05, 3.63) is 35.9 Å². The van der Waals surface area contributed by atoms with Crippen molar-refractivity contribution in [2.45, 2.75) is 52.5 Å². The van der Waals surface area contributed by atoms with Crippen LogP contribution in [0.25, 0.3) is 0 Å². The number of carbonyl (C=O) groups is 1. The van der Waals surface area contributed by atoms with E-state index in [1.807, 2.05) is 30.3 Å². The van der Waals surface area contributed by atoms with E-state index in [0.29, 0.717) is 6.04 Å². The summed E-state index contributed by atoms with van der Waals surface area (Å²) in [5, 5.41) is 0. The zero-order chi connectivity index (χ0) is 15.5. The molecule has 0 N–H and O–H groups in total. The van der Waals surface area contributed by atoms with Gasteiger partial charge in [0.15, 0.2) is 5.78 Å². The molecule has 0 amide bonds. The summed E-state index contributed by atoms with van der Waals surface area (Å²) in [5.74, 6) is 1.12. The molecule has 2 heteroatoms. The van der Waals surface area contributed by atoms with Crippen molar-refractivity contribution in [2.75, 3.05) is 13.6 Å². The summed E-state index contributed by atoms with van der Waals surface area (Å²) >= 11 is 0. The second-order valence-corrected chi connectivity index (χ2v) is 7.41. The number of hydrogen-bond acceptors (Lipinski definition) is 2. The Morgan fingerprint density at radius 2 is 1.71 bits per heavy atom. The van der Waals surface area contributed by atoms with E-state index in [9.17, 15) is 4.79 Å². The van der Waals surface area contributed by atoms with E-state index in [2.05, 4.69) is 32.7 Å². The maximum atomic E-state index is 12.7.